The van der Waals surface area contributed by atoms with E-state index < -0.39 is 17.3 Å². The van der Waals surface area contributed by atoms with E-state index in [2.05, 4.69) is 20.2 Å². The van der Waals surface area contributed by atoms with Gasteiger partial charge >= 0.3 is 0 Å². The molecule has 0 spiro atoms. The van der Waals surface area contributed by atoms with Crippen molar-refractivity contribution in [1.29, 1.82) is 0 Å². The predicted molar refractivity (Wildman–Crippen MR) is 172 cm³/mol. The molecule has 1 fully saturated rings. The van der Waals surface area contributed by atoms with Gasteiger partial charge in [0.2, 0.25) is 0 Å². The van der Waals surface area contributed by atoms with E-state index in [-0.39, 0.29) is 27.2 Å². The van der Waals surface area contributed by atoms with Crippen molar-refractivity contribution in [2.45, 2.75) is 25.0 Å². The molecule has 2 aromatic carbocycles. The lowest BCUT2D eigenvalue weighted by Gasteiger charge is -2.42. The van der Waals surface area contributed by atoms with E-state index in [1.165, 1.54) is 12.4 Å². The number of benzene rings is 2. The van der Waals surface area contributed by atoms with Crippen molar-refractivity contribution in [2.75, 3.05) is 25.0 Å². The summed E-state index contributed by atoms with van der Waals surface area (Å²) in [5.41, 5.74) is 1.75. The topological polar surface area (TPSA) is 100 Å². The molecule has 0 radical (unpaired) electrons. The van der Waals surface area contributed by atoms with E-state index in [9.17, 15) is 14.7 Å². The van der Waals surface area contributed by atoms with Crippen LogP contribution >= 0.6 is 23.2 Å². The lowest BCUT2D eigenvalue weighted by atomic mass is 9.72. The second-order valence-corrected chi connectivity index (χ2v) is 11.8. The van der Waals surface area contributed by atoms with Crippen LogP contribution in [0.1, 0.15) is 34.3 Å². The first-order chi connectivity index (χ1) is 21.4. The number of nitrogens with zero attached hydrogens (tertiary/aromatic N) is 4. The van der Waals surface area contributed by atoms with Gasteiger partial charge < -0.3 is 19.9 Å². The first-order valence-electron chi connectivity index (χ1n) is 14.5. The molecule has 10 heteroatoms. The van der Waals surface area contributed by atoms with Crippen LogP contribution in [-0.2, 0) is 16.9 Å². The fourth-order valence-electron chi connectivity index (χ4n) is 6.14. The number of nitrogens with one attached hydrogen (secondary N) is 1. The molecule has 1 aliphatic heterocycles. The van der Waals surface area contributed by atoms with Crippen LogP contribution < -0.4 is 5.32 Å². The van der Waals surface area contributed by atoms with Crippen LogP contribution in [0, 0.1) is 5.92 Å². The van der Waals surface area contributed by atoms with E-state index in [1.807, 2.05) is 65.2 Å². The third kappa shape index (κ3) is 5.86. The average molecular weight is 629 g/mol. The van der Waals surface area contributed by atoms with Gasteiger partial charge in [0.1, 0.15) is 11.2 Å². The number of likely N-dealkylation sites (tertiary alicyclic amines) is 1. The molecule has 6 rings (SSSR count). The van der Waals surface area contributed by atoms with Crippen molar-refractivity contribution in [3.63, 3.8) is 0 Å². The molecule has 0 unspecified atom stereocenters. The van der Waals surface area contributed by atoms with E-state index in [0.29, 0.717) is 17.6 Å². The van der Waals surface area contributed by atoms with Crippen LogP contribution in [0.4, 0.5) is 5.69 Å². The quantitative estimate of drug-likeness (QED) is 0.149. The number of hydrogen-bond acceptors (Lipinski definition) is 6. The zero-order valence-electron chi connectivity index (χ0n) is 23.9. The summed E-state index contributed by atoms with van der Waals surface area (Å²) in [5, 5.41) is 15.6. The lowest BCUT2D eigenvalue weighted by Crippen LogP contribution is -2.44. The second-order valence-electron chi connectivity index (χ2n) is 11.0. The van der Waals surface area contributed by atoms with Crippen molar-refractivity contribution >= 4 is 51.6 Å². The van der Waals surface area contributed by atoms with E-state index in [1.54, 1.807) is 24.5 Å². The minimum absolute atomic E-state index is 0.0581. The van der Waals surface area contributed by atoms with E-state index >= 15 is 0 Å². The minimum Gasteiger partial charge on any atom is -0.380 e. The van der Waals surface area contributed by atoms with Crippen LogP contribution in [0.2, 0.25) is 10.0 Å². The summed E-state index contributed by atoms with van der Waals surface area (Å²) in [6.45, 7) is 2.95. The third-order valence-corrected chi connectivity index (χ3v) is 9.01. The van der Waals surface area contributed by atoms with Crippen molar-refractivity contribution in [3.05, 3.63) is 124 Å². The van der Waals surface area contributed by atoms with Crippen molar-refractivity contribution in [2.24, 2.45) is 5.92 Å². The van der Waals surface area contributed by atoms with E-state index in [4.69, 9.17) is 23.2 Å². The van der Waals surface area contributed by atoms with Gasteiger partial charge in [-0.2, -0.15) is 0 Å². The van der Waals surface area contributed by atoms with Crippen LogP contribution in [-0.4, -0.2) is 55.9 Å². The van der Waals surface area contributed by atoms with Gasteiger partial charge in [-0.1, -0.05) is 83.9 Å². The highest BCUT2D eigenvalue weighted by molar-refractivity contribution is 6.50. The Kier molecular flexibility index (Phi) is 8.77. The number of anilines is 1. The van der Waals surface area contributed by atoms with Crippen molar-refractivity contribution in [1.82, 2.24) is 19.4 Å². The number of amides is 1. The molecule has 0 bridgehead atoms. The highest BCUT2D eigenvalue weighted by Crippen LogP contribution is 2.42. The molecule has 44 heavy (non-hydrogen) atoms. The Balaban J connectivity index is 1.15. The number of ketones is 1. The normalized spacial score (nSPS) is 14.5. The first kappa shape index (κ1) is 30.0. The number of rotatable bonds is 9. The fourth-order valence-corrected chi connectivity index (χ4v) is 6.60. The summed E-state index contributed by atoms with van der Waals surface area (Å²) >= 11 is 12.3. The highest BCUT2D eigenvalue weighted by atomic mass is 35.5. The molecule has 3 aromatic heterocycles. The summed E-state index contributed by atoms with van der Waals surface area (Å²) in [7, 11) is 0. The van der Waals surface area contributed by atoms with Crippen LogP contribution in [0.3, 0.4) is 0 Å². The number of carbonyl (C=O) groups excluding carboxylic acids is 2. The minimum atomic E-state index is -1.07. The zero-order chi connectivity index (χ0) is 30.7. The Morgan fingerprint density at radius 2 is 1.50 bits per heavy atom. The Bertz CT molecular complexity index is 1730. The largest absolute Gasteiger partial charge is 0.380 e. The zero-order valence-corrected chi connectivity index (χ0v) is 25.4. The molecule has 1 amide bonds. The fraction of sp³-hybridized carbons (Fsp3) is 0.235. The number of carbonyl (C=O) groups is 2. The average Bonchev–Trinajstić information content (AvgIpc) is 3.44. The van der Waals surface area contributed by atoms with Gasteiger partial charge in [-0.3, -0.25) is 14.6 Å². The van der Waals surface area contributed by atoms with Gasteiger partial charge in [-0.05, 0) is 55.1 Å². The Hall–Kier alpha value is -4.08. The SMILES string of the molecule is O=C(Nc1c(Cl)cncc1Cl)C(=O)c1cn(CCN2CCC(C(O)(c3ccccc3)c3ccccc3)CC2)c2ncccc12. The van der Waals surface area contributed by atoms with Crippen LogP contribution in [0.25, 0.3) is 11.0 Å². The maximum absolute atomic E-state index is 13.3. The molecule has 8 nitrogen and oxygen atoms in total. The Morgan fingerprint density at radius 3 is 2.11 bits per heavy atom. The predicted octanol–water partition coefficient (Wildman–Crippen LogP) is 6.21. The lowest BCUT2D eigenvalue weighted by molar-refractivity contribution is -0.112. The summed E-state index contributed by atoms with van der Waals surface area (Å²) in [4.78, 5) is 37.0. The maximum Gasteiger partial charge on any atom is 0.296 e. The van der Waals surface area contributed by atoms with Gasteiger partial charge in [-0.25, -0.2) is 4.98 Å². The number of halogens is 2. The number of aromatic nitrogens is 3. The second kappa shape index (κ2) is 12.9. The molecule has 2 N–H and O–H groups in total. The summed E-state index contributed by atoms with van der Waals surface area (Å²) in [6, 6.07) is 23.4. The number of piperidine rings is 1. The number of aliphatic hydroxyl groups is 1. The number of pyridine rings is 2. The smallest absolute Gasteiger partial charge is 0.296 e. The molecule has 5 aromatic rings. The number of hydrogen-bond donors (Lipinski definition) is 2. The molecule has 1 aliphatic rings. The molecule has 0 saturated carbocycles. The standard InChI is InChI=1S/C34H31Cl2N5O3/c35-28-20-37-21-29(36)30(28)39-33(43)31(42)27-22-41(32-26(27)12-7-15-38-32)19-18-40-16-13-25(14-17-40)34(44,23-8-3-1-4-9-23)24-10-5-2-6-11-24/h1-12,15,20-22,25,44H,13-14,16-19H2,(H,37,39,43). The molecule has 0 aliphatic carbocycles. The summed E-state index contributed by atoms with van der Waals surface area (Å²) < 4.78 is 1.92. The molecule has 0 atom stereocenters. The Morgan fingerprint density at radius 1 is 0.886 bits per heavy atom. The summed E-state index contributed by atoms with van der Waals surface area (Å²) in [5.74, 6) is -1.51. The van der Waals surface area contributed by atoms with Crippen molar-refractivity contribution in [3.8, 4) is 0 Å². The van der Waals surface area contributed by atoms with Gasteiger partial charge in [0.05, 0.1) is 21.3 Å². The Labute approximate surface area is 265 Å². The molecular formula is C34H31Cl2N5O3. The number of Topliss-reactive ketones (excluding diaryl/α,β-unsaturated/α-hetero) is 1. The maximum atomic E-state index is 13.3. The van der Waals surface area contributed by atoms with Gasteiger partial charge in [0.25, 0.3) is 11.7 Å². The van der Waals surface area contributed by atoms with Gasteiger partial charge in [0, 0.05) is 43.3 Å². The van der Waals surface area contributed by atoms with Crippen molar-refractivity contribution < 1.29 is 14.7 Å². The molecule has 1 saturated heterocycles. The molecule has 224 valence electrons. The monoisotopic (exact) mass is 627 g/mol. The summed E-state index contributed by atoms with van der Waals surface area (Å²) in [6.07, 6.45) is 7.70. The molecule has 4 heterocycles. The highest BCUT2D eigenvalue weighted by Gasteiger charge is 2.41. The third-order valence-electron chi connectivity index (χ3n) is 8.44. The van der Waals surface area contributed by atoms with Gasteiger partial charge in [-0.15, -0.1) is 0 Å². The number of fused-ring (bicyclic) bond motifs is 1. The van der Waals surface area contributed by atoms with Crippen LogP contribution in [0.15, 0.2) is 97.6 Å². The molecular weight excluding hydrogens is 597 g/mol. The first-order valence-corrected chi connectivity index (χ1v) is 15.3. The van der Waals surface area contributed by atoms with Crippen LogP contribution in [0.5, 0.6) is 0 Å². The van der Waals surface area contributed by atoms with E-state index in [0.717, 1.165) is 43.6 Å². The van der Waals surface area contributed by atoms with Gasteiger partial charge in [0.15, 0.2) is 0 Å².